The zero-order valence-electron chi connectivity index (χ0n) is 15.5. The molecule has 0 aliphatic carbocycles. The van der Waals surface area contributed by atoms with Gasteiger partial charge in [0.1, 0.15) is 11.6 Å². The molecule has 2 saturated heterocycles. The maximum atomic E-state index is 12.5. The Morgan fingerprint density at radius 3 is 2.62 bits per heavy atom. The number of piperidine rings is 1. The van der Waals surface area contributed by atoms with E-state index in [2.05, 4.69) is 22.0 Å². The highest BCUT2D eigenvalue weighted by molar-refractivity contribution is 5.78. The van der Waals surface area contributed by atoms with E-state index >= 15 is 0 Å². The molecule has 0 atom stereocenters. The van der Waals surface area contributed by atoms with Crippen LogP contribution in [0.5, 0.6) is 0 Å². The third kappa shape index (κ3) is 3.65. The van der Waals surface area contributed by atoms with Crippen LogP contribution in [0.15, 0.2) is 30.6 Å². The van der Waals surface area contributed by atoms with Gasteiger partial charge in [-0.15, -0.1) is 0 Å². The number of carbonyl (C=O) groups excluding carboxylic acids is 1. The van der Waals surface area contributed by atoms with Gasteiger partial charge in [-0.25, -0.2) is 9.97 Å². The van der Waals surface area contributed by atoms with Crippen molar-refractivity contribution in [3.8, 4) is 5.82 Å². The molecule has 2 aliphatic heterocycles. The van der Waals surface area contributed by atoms with Crippen molar-refractivity contribution in [2.45, 2.75) is 38.5 Å². The molecule has 1 amide bonds. The fraction of sp³-hybridized carbons (Fsp3) is 0.550. The molecule has 0 bridgehead atoms. The van der Waals surface area contributed by atoms with Crippen molar-refractivity contribution in [3.63, 3.8) is 0 Å². The molecule has 6 nitrogen and oxygen atoms in total. The minimum Gasteiger partial charge on any atom is -0.342 e. The Bertz CT molecular complexity index is 757. The first-order valence-corrected chi connectivity index (χ1v) is 9.68. The fourth-order valence-electron chi connectivity index (χ4n) is 4.08. The number of aryl methyl sites for hydroxylation is 1. The van der Waals surface area contributed by atoms with Gasteiger partial charge in [-0.2, -0.15) is 0 Å². The lowest BCUT2D eigenvalue weighted by Gasteiger charge is -2.33. The Kier molecular flexibility index (Phi) is 5.02. The highest BCUT2D eigenvalue weighted by Crippen LogP contribution is 2.27. The molecule has 0 unspecified atom stereocenters. The van der Waals surface area contributed by atoms with Gasteiger partial charge >= 0.3 is 0 Å². The zero-order valence-corrected chi connectivity index (χ0v) is 15.5. The number of likely N-dealkylation sites (tertiary alicyclic amines) is 2. The minimum absolute atomic E-state index is 0.293. The summed E-state index contributed by atoms with van der Waals surface area (Å²) >= 11 is 0. The van der Waals surface area contributed by atoms with E-state index in [0.29, 0.717) is 18.4 Å². The van der Waals surface area contributed by atoms with Gasteiger partial charge in [-0.1, -0.05) is 6.07 Å². The molecule has 138 valence electrons. The first-order chi connectivity index (χ1) is 12.7. The maximum absolute atomic E-state index is 12.5. The topological polar surface area (TPSA) is 54.3 Å². The zero-order chi connectivity index (χ0) is 17.9. The number of imidazole rings is 1. The van der Waals surface area contributed by atoms with E-state index in [1.165, 1.54) is 12.8 Å². The molecule has 2 aromatic heterocycles. The van der Waals surface area contributed by atoms with Crippen LogP contribution >= 0.6 is 0 Å². The molecule has 0 spiro atoms. The summed E-state index contributed by atoms with van der Waals surface area (Å²) in [6.45, 7) is 6.41. The van der Waals surface area contributed by atoms with Crippen molar-refractivity contribution < 1.29 is 4.79 Å². The van der Waals surface area contributed by atoms with Gasteiger partial charge in [0.15, 0.2) is 0 Å². The Labute approximate surface area is 154 Å². The van der Waals surface area contributed by atoms with Crippen LogP contribution in [0, 0.1) is 6.92 Å². The third-order valence-electron chi connectivity index (χ3n) is 5.65. The quantitative estimate of drug-likeness (QED) is 0.847. The van der Waals surface area contributed by atoms with E-state index in [-0.39, 0.29) is 0 Å². The maximum Gasteiger partial charge on any atom is 0.236 e. The summed E-state index contributed by atoms with van der Waals surface area (Å²) in [4.78, 5) is 26.0. The molecule has 26 heavy (non-hydrogen) atoms. The summed E-state index contributed by atoms with van der Waals surface area (Å²) in [5, 5.41) is 0. The molecule has 0 radical (unpaired) electrons. The molecule has 4 heterocycles. The molecule has 2 fully saturated rings. The van der Waals surface area contributed by atoms with E-state index in [1.807, 2.05) is 28.7 Å². The largest absolute Gasteiger partial charge is 0.342 e. The Morgan fingerprint density at radius 1 is 1.15 bits per heavy atom. The van der Waals surface area contributed by atoms with Crippen LogP contribution in [0.1, 0.15) is 43.1 Å². The van der Waals surface area contributed by atoms with E-state index in [4.69, 9.17) is 4.98 Å². The summed E-state index contributed by atoms with van der Waals surface area (Å²) in [5.74, 6) is 2.58. The molecular formula is C20H27N5O. The summed E-state index contributed by atoms with van der Waals surface area (Å²) < 4.78 is 2.01. The molecule has 2 aromatic rings. The number of hydrogen-bond acceptors (Lipinski definition) is 4. The number of aromatic nitrogens is 3. The second-order valence-corrected chi connectivity index (χ2v) is 7.40. The second kappa shape index (κ2) is 7.58. The van der Waals surface area contributed by atoms with Gasteiger partial charge in [0.2, 0.25) is 5.91 Å². The van der Waals surface area contributed by atoms with Crippen molar-refractivity contribution in [3.05, 3.63) is 42.1 Å². The summed E-state index contributed by atoms with van der Waals surface area (Å²) in [7, 11) is 0. The van der Waals surface area contributed by atoms with Crippen molar-refractivity contribution in [1.29, 1.82) is 0 Å². The number of rotatable bonds is 4. The normalized spacial score (nSPS) is 19.2. The lowest BCUT2D eigenvalue weighted by Crippen LogP contribution is -2.43. The average Bonchev–Trinajstić information content (AvgIpc) is 3.33. The monoisotopic (exact) mass is 353 g/mol. The number of amides is 1. The van der Waals surface area contributed by atoms with E-state index in [0.717, 1.165) is 56.4 Å². The number of carbonyl (C=O) groups is 1. The smallest absolute Gasteiger partial charge is 0.236 e. The van der Waals surface area contributed by atoms with Crippen LogP contribution in [0.25, 0.3) is 5.82 Å². The summed E-state index contributed by atoms with van der Waals surface area (Å²) in [5.41, 5.74) is 1.13. The third-order valence-corrected chi connectivity index (χ3v) is 5.65. The Hall–Kier alpha value is -2.21. The first-order valence-electron chi connectivity index (χ1n) is 9.68. The second-order valence-electron chi connectivity index (χ2n) is 7.40. The minimum atomic E-state index is 0.293. The lowest BCUT2D eigenvalue weighted by atomic mass is 9.93. The molecule has 6 heteroatoms. The van der Waals surface area contributed by atoms with Gasteiger partial charge < -0.3 is 4.90 Å². The highest BCUT2D eigenvalue weighted by Gasteiger charge is 2.26. The van der Waals surface area contributed by atoms with Crippen LogP contribution in [-0.4, -0.2) is 63.0 Å². The van der Waals surface area contributed by atoms with Crippen molar-refractivity contribution >= 4 is 5.91 Å². The first kappa shape index (κ1) is 17.2. The molecule has 4 rings (SSSR count). The number of hydrogen-bond donors (Lipinski definition) is 0. The molecule has 0 aromatic carbocycles. The fourth-order valence-corrected chi connectivity index (χ4v) is 4.08. The van der Waals surface area contributed by atoms with Crippen LogP contribution in [0.3, 0.4) is 0 Å². The van der Waals surface area contributed by atoms with E-state index in [9.17, 15) is 4.79 Å². The van der Waals surface area contributed by atoms with Gasteiger partial charge in [0.25, 0.3) is 0 Å². The average molecular weight is 353 g/mol. The van der Waals surface area contributed by atoms with Crippen molar-refractivity contribution in [1.82, 2.24) is 24.3 Å². The van der Waals surface area contributed by atoms with Crippen LogP contribution in [-0.2, 0) is 4.79 Å². The molecule has 2 aliphatic rings. The lowest BCUT2D eigenvalue weighted by molar-refractivity contribution is -0.133. The molecule has 0 saturated carbocycles. The molecule has 0 N–H and O–H groups in total. The molecular weight excluding hydrogens is 326 g/mol. The number of pyridine rings is 1. The van der Waals surface area contributed by atoms with Crippen molar-refractivity contribution in [2.75, 3.05) is 32.7 Å². The SMILES string of the molecule is Cc1nccn1-c1cccc(C2CCN(C(=O)CN3CCCC3)CC2)n1. The van der Waals surface area contributed by atoms with Crippen LogP contribution in [0.2, 0.25) is 0 Å². The van der Waals surface area contributed by atoms with Gasteiger partial charge in [0.05, 0.1) is 6.54 Å². The van der Waals surface area contributed by atoms with Crippen LogP contribution < -0.4 is 0 Å². The van der Waals surface area contributed by atoms with Gasteiger partial charge in [-0.05, 0) is 57.8 Å². The van der Waals surface area contributed by atoms with Crippen molar-refractivity contribution in [2.24, 2.45) is 0 Å². The van der Waals surface area contributed by atoms with E-state index < -0.39 is 0 Å². The predicted molar refractivity (Wildman–Crippen MR) is 100 cm³/mol. The standard InChI is InChI=1S/C20H27N5O/c1-16-21-9-14-25(16)19-6-4-5-18(22-19)17-7-12-24(13-8-17)20(26)15-23-10-2-3-11-23/h4-6,9,14,17H,2-3,7-8,10-13,15H2,1H3. The van der Waals surface area contributed by atoms with E-state index in [1.54, 1.807) is 6.20 Å². The Balaban J connectivity index is 1.37. The summed E-state index contributed by atoms with van der Waals surface area (Å²) in [6.07, 6.45) is 8.19. The Morgan fingerprint density at radius 2 is 1.92 bits per heavy atom. The van der Waals surface area contributed by atoms with Gasteiger partial charge in [-0.3, -0.25) is 14.3 Å². The summed E-state index contributed by atoms with van der Waals surface area (Å²) in [6, 6.07) is 6.21. The predicted octanol–water partition coefficient (Wildman–Crippen LogP) is 2.38. The van der Waals surface area contributed by atoms with Gasteiger partial charge in [0, 0.05) is 37.1 Å². The van der Waals surface area contributed by atoms with Crippen LogP contribution in [0.4, 0.5) is 0 Å². The highest BCUT2D eigenvalue weighted by atomic mass is 16.2. The number of nitrogens with zero attached hydrogens (tertiary/aromatic N) is 5.